The minimum absolute atomic E-state index is 0.243. The van der Waals surface area contributed by atoms with Crippen LogP contribution in [0, 0.1) is 0 Å². The summed E-state index contributed by atoms with van der Waals surface area (Å²) in [5.41, 5.74) is 0. The Morgan fingerprint density at radius 1 is 1.10 bits per heavy atom. The summed E-state index contributed by atoms with van der Waals surface area (Å²) in [6, 6.07) is 0.754. The molecule has 10 heavy (non-hydrogen) atoms. The number of hydrogen-bond acceptors (Lipinski definition) is 2. The van der Waals surface area contributed by atoms with Gasteiger partial charge in [-0.1, -0.05) is 0 Å². The first-order valence-corrected chi connectivity index (χ1v) is 3.86. The molecule has 0 aliphatic carbocycles. The minimum atomic E-state index is -0.243. The molecule has 0 aliphatic rings. The summed E-state index contributed by atoms with van der Waals surface area (Å²) < 4.78 is 0. The Balaban J connectivity index is 3.81. The summed E-state index contributed by atoms with van der Waals surface area (Å²) in [4.78, 5) is 2.16. The third-order valence-electron chi connectivity index (χ3n) is 2.16. The van der Waals surface area contributed by atoms with E-state index >= 15 is 0 Å². The zero-order valence-electron chi connectivity index (χ0n) is 7.63. The van der Waals surface area contributed by atoms with E-state index in [1.807, 2.05) is 20.9 Å². The van der Waals surface area contributed by atoms with E-state index in [4.69, 9.17) is 0 Å². The molecule has 2 heteroatoms. The molecule has 0 spiro atoms. The average molecular weight is 145 g/mol. The lowest BCUT2D eigenvalue weighted by Crippen LogP contribution is -2.41. The zero-order valence-corrected chi connectivity index (χ0v) is 7.63. The maximum atomic E-state index is 9.20. The van der Waals surface area contributed by atoms with Crippen molar-refractivity contribution in [3.63, 3.8) is 0 Å². The monoisotopic (exact) mass is 145 g/mol. The Morgan fingerprint density at radius 2 is 1.50 bits per heavy atom. The SMILES string of the molecule is CC(C)N(C)[C@H](C)[C@@H](C)O. The Labute approximate surface area is 63.8 Å². The summed E-state index contributed by atoms with van der Waals surface area (Å²) in [7, 11) is 2.03. The standard InChI is InChI=1S/C8H19NO/c1-6(2)9(5)7(3)8(4)10/h6-8,10H,1-5H3/t7-,8-/m1/s1. The molecule has 0 amide bonds. The predicted octanol–water partition coefficient (Wildman–Crippen LogP) is 1.10. The lowest BCUT2D eigenvalue weighted by Gasteiger charge is -2.30. The average Bonchev–Trinajstić information content (AvgIpc) is 1.84. The summed E-state index contributed by atoms with van der Waals surface area (Å²) in [6.45, 7) is 8.10. The van der Waals surface area contributed by atoms with Crippen LogP contribution in [0.1, 0.15) is 27.7 Å². The highest BCUT2D eigenvalue weighted by atomic mass is 16.3. The van der Waals surface area contributed by atoms with Crippen molar-refractivity contribution in [1.82, 2.24) is 4.90 Å². The van der Waals surface area contributed by atoms with Crippen LogP contribution in [-0.4, -0.2) is 35.2 Å². The first-order valence-electron chi connectivity index (χ1n) is 3.86. The first-order chi connectivity index (χ1) is 4.46. The molecule has 0 saturated heterocycles. The molecule has 0 aromatic carbocycles. The Morgan fingerprint density at radius 3 is 1.60 bits per heavy atom. The number of rotatable bonds is 3. The van der Waals surface area contributed by atoms with Gasteiger partial charge in [0.05, 0.1) is 6.10 Å². The number of nitrogens with zero attached hydrogens (tertiary/aromatic N) is 1. The second kappa shape index (κ2) is 3.94. The molecule has 0 heterocycles. The molecule has 0 rings (SSSR count). The van der Waals surface area contributed by atoms with Crippen molar-refractivity contribution < 1.29 is 5.11 Å². The summed E-state index contributed by atoms with van der Waals surface area (Å²) in [6.07, 6.45) is -0.243. The van der Waals surface area contributed by atoms with Crippen LogP contribution >= 0.6 is 0 Å². The number of aliphatic hydroxyl groups excluding tert-OH is 1. The summed E-state index contributed by atoms with van der Waals surface area (Å²) in [5, 5.41) is 9.20. The van der Waals surface area contributed by atoms with Gasteiger partial charge < -0.3 is 5.11 Å². The van der Waals surface area contributed by atoms with Crippen molar-refractivity contribution in [2.75, 3.05) is 7.05 Å². The second-order valence-corrected chi connectivity index (χ2v) is 3.24. The fourth-order valence-corrected chi connectivity index (χ4v) is 0.811. The van der Waals surface area contributed by atoms with Crippen molar-refractivity contribution in [3.8, 4) is 0 Å². The normalized spacial score (nSPS) is 18.0. The molecule has 2 nitrogen and oxygen atoms in total. The minimum Gasteiger partial charge on any atom is -0.392 e. The Hall–Kier alpha value is -0.0800. The molecule has 0 radical (unpaired) electrons. The molecule has 0 bridgehead atoms. The molecular formula is C8H19NO. The fourth-order valence-electron chi connectivity index (χ4n) is 0.811. The quantitative estimate of drug-likeness (QED) is 0.642. The largest absolute Gasteiger partial charge is 0.392 e. The van der Waals surface area contributed by atoms with Gasteiger partial charge in [-0.25, -0.2) is 0 Å². The number of aliphatic hydroxyl groups is 1. The highest BCUT2D eigenvalue weighted by Crippen LogP contribution is 2.04. The molecule has 0 unspecified atom stereocenters. The van der Waals surface area contributed by atoms with Crippen LogP contribution in [0.5, 0.6) is 0 Å². The third kappa shape index (κ3) is 2.67. The molecule has 62 valence electrons. The molecular weight excluding hydrogens is 126 g/mol. The van der Waals surface area contributed by atoms with E-state index in [2.05, 4.69) is 18.7 Å². The van der Waals surface area contributed by atoms with Crippen molar-refractivity contribution in [3.05, 3.63) is 0 Å². The third-order valence-corrected chi connectivity index (χ3v) is 2.16. The number of hydrogen-bond donors (Lipinski definition) is 1. The van der Waals surface area contributed by atoms with E-state index in [-0.39, 0.29) is 12.1 Å². The Bertz CT molecular complexity index is 79.3. The fraction of sp³-hybridized carbons (Fsp3) is 1.00. The Kier molecular flexibility index (Phi) is 3.91. The van der Waals surface area contributed by atoms with E-state index in [0.717, 1.165) is 0 Å². The van der Waals surface area contributed by atoms with Gasteiger partial charge in [0.1, 0.15) is 0 Å². The maximum Gasteiger partial charge on any atom is 0.0664 e. The van der Waals surface area contributed by atoms with Gasteiger partial charge in [0, 0.05) is 12.1 Å². The highest BCUT2D eigenvalue weighted by Gasteiger charge is 2.15. The summed E-state index contributed by atoms with van der Waals surface area (Å²) >= 11 is 0. The lowest BCUT2D eigenvalue weighted by atomic mass is 10.1. The van der Waals surface area contributed by atoms with Gasteiger partial charge in [-0.3, -0.25) is 4.90 Å². The van der Waals surface area contributed by atoms with E-state index in [1.165, 1.54) is 0 Å². The van der Waals surface area contributed by atoms with Crippen molar-refractivity contribution in [2.24, 2.45) is 0 Å². The van der Waals surface area contributed by atoms with Gasteiger partial charge in [-0.15, -0.1) is 0 Å². The van der Waals surface area contributed by atoms with E-state index < -0.39 is 0 Å². The van der Waals surface area contributed by atoms with Crippen LogP contribution in [0.15, 0.2) is 0 Å². The van der Waals surface area contributed by atoms with Gasteiger partial charge in [0.2, 0.25) is 0 Å². The topological polar surface area (TPSA) is 23.5 Å². The van der Waals surface area contributed by atoms with Crippen LogP contribution in [-0.2, 0) is 0 Å². The van der Waals surface area contributed by atoms with Crippen LogP contribution in [0.4, 0.5) is 0 Å². The summed E-state index contributed by atoms with van der Waals surface area (Å²) in [5.74, 6) is 0. The molecule has 0 aliphatic heterocycles. The molecule has 2 atom stereocenters. The molecule has 0 fully saturated rings. The highest BCUT2D eigenvalue weighted by molar-refractivity contribution is 4.70. The number of likely N-dealkylation sites (N-methyl/N-ethyl adjacent to an activating group) is 1. The van der Waals surface area contributed by atoms with Crippen molar-refractivity contribution in [2.45, 2.75) is 45.9 Å². The van der Waals surface area contributed by atoms with Crippen molar-refractivity contribution >= 4 is 0 Å². The van der Waals surface area contributed by atoms with E-state index in [9.17, 15) is 5.11 Å². The molecule has 0 saturated carbocycles. The molecule has 0 aromatic heterocycles. The van der Waals surface area contributed by atoms with Gasteiger partial charge in [-0.05, 0) is 34.7 Å². The van der Waals surface area contributed by atoms with Crippen LogP contribution in [0.2, 0.25) is 0 Å². The van der Waals surface area contributed by atoms with Crippen molar-refractivity contribution in [1.29, 1.82) is 0 Å². The van der Waals surface area contributed by atoms with Gasteiger partial charge in [0.15, 0.2) is 0 Å². The second-order valence-electron chi connectivity index (χ2n) is 3.24. The zero-order chi connectivity index (χ0) is 8.31. The first kappa shape index (κ1) is 9.92. The van der Waals surface area contributed by atoms with E-state index in [0.29, 0.717) is 6.04 Å². The van der Waals surface area contributed by atoms with Gasteiger partial charge >= 0.3 is 0 Å². The molecule has 1 N–H and O–H groups in total. The lowest BCUT2D eigenvalue weighted by molar-refractivity contribution is 0.0701. The van der Waals surface area contributed by atoms with Gasteiger partial charge in [-0.2, -0.15) is 0 Å². The predicted molar refractivity (Wildman–Crippen MR) is 44.0 cm³/mol. The van der Waals surface area contributed by atoms with E-state index in [1.54, 1.807) is 0 Å². The van der Waals surface area contributed by atoms with Gasteiger partial charge in [0.25, 0.3) is 0 Å². The van der Waals surface area contributed by atoms with Crippen LogP contribution < -0.4 is 0 Å². The maximum absolute atomic E-state index is 9.20. The van der Waals surface area contributed by atoms with Crippen LogP contribution in [0.25, 0.3) is 0 Å². The smallest absolute Gasteiger partial charge is 0.0664 e. The van der Waals surface area contributed by atoms with Crippen LogP contribution in [0.3, 0.4) is 0 Å². The molecule has 0 aromatic rings.